The molecule has 3 heterocycles. The number of aromatic nitrogens is 2. The van der Waals surface area contributed by atoms with Crippen LogP contribution in [0.2, 0.25) is 0 Å². The summed E-state index contributed by atoms with van der Waals surface area (Å²) in [5.74, 6) is -0.941. The minimum Gasteiger partial charge on any atom is -0.478 e. The van der Waals surface area contributed by atoms with Crippen LogP contribution in [0, 0.1) is 0 Å². The van der Waals surface area contributed by atoms with Gasteiger partial charge in [0.2, 0.25) is 0 Å². The Bertz CT molecular complexity index is 1270. The molecule has 7 heteroatoms. The summed E-state index contributed by atoms with van der Waals surface area (Å²) in [5, 5.41) is 13.4. The molecule has 6 nitrogen and oxygen atoms in total. The van der Waals surface area contributed by atoms with Crippen LogP contribution in [0.1, 0.15) is 39.4 Å². The van der Waals surface area contributed by atoms with Crippen molar-refractivity contribution in [1.29, 1.82) is 0 Å². The molecule has 0 radical (unpaired) electrons. The van der Waals surface area contributed by atoms with Crippen LogP contribution < -0.4 is 5.32 Å². The van der Waals surface area contributed by atoms with Gasteiger partial charge in [0.05, 0.1) is 23.3 Å². The molecule has 33 heavy (non-hydrogen) atoms. The van der Waals surface area contributed by atoms with Gasteiger partial charge in [0.15, 0.2) is 5.11 Å². The zero-order valence-corrected chi connectivity index (χ0v) is 18.5. The van der Waals surface area contributed by atoms with Gasteiger partial charge >= 0.3 is 5.97 Å². The second-order valence-corrected chi connectivity index (χ2v) is 8.28. The lowest BCUT2D eigenvalue weighted by Crippen LogP contribution is -2.30. The number of pyridine rings is 1. The van der Waals surface area contributed by atoms with Gasteiger partial charge in [-0.2, -0.15) is 0 Å². The number of carboxylic acids is 1. The fraction of sp³-hybridized carbons (Fsp3) is 0.115. The van der Waals surface area contributed by atoms with E-state index < -0.39 is 5.97 Å². The van der Waals surface area contributed by atoms with Crippen molar-refractivity contribution in [3.63, 3.8) is 0 Å². The van der Waals surface area contributed by atoms with Crippen molar-refractivity contribution in [2.45, 2.75) is 18.6 Å². The summed E-state index contributed by atoms with van der Waals surface area (Å²) in [5.41, 5.74) is 4.26. The smallest absolute Gasteiger partial charge is 0.335 e. The number of thiocarbonyl (C=S) groups is 1. The highest BCUT2D eigenvalue weighted by Gasteiger charge is 2.41. The Morgan fingerprint density at radius 3 is 2.42 bits per heavy atom. The van der Waals surface area contributed by atoms with E-state index in [1.165, 1.54) is 0 Å². The monoisotopic (exact) mass is 454 g/mol. The summed E-state index contributed by atoms with van der Waals surface area (Å²) >= 11 is 5.79. The first-order valence-electron chi connectivity index (χ1n) is 10.6. The number of carboxylic acid groups (broad SMARTS) is 1. The highest BCUT2D eigenvalue weighted by Crippen LogP contribution is 2.40. The highest BCUT2D eigenvalue weighted by molar-refractivity contribution is 7.80. The standard InChI is InChI=1S/C26H22N4O2S/c31-25(32)19-11-13-20(14-12-19)29-16-6-10-22(29)24-23(21-9-4-5-15-27-21)28-26(33)30(24)17-18-7-2-1-3-8-18/h1-16,23-24H,17H2,(H,28,33)(H,31,32)/t23-,24+/m0/s1. The van der Waals surface area contributed by atoms with Crippen molar-refractivity contribution in [2.24, 2.45) is 0 Å². The molecule has 2 atom stereocenters. The van der Waals surface area contributed by atoms with Gasteiger partial charge in [-0.1, -0.05) is 36.4 Å². The number of aromatic carboxylic acids is 1. The first-order chi connectivity index (χ1) is 16.1. The molecule has 0 saturated carbocycles. The van der Waals surface area contributed by atoms with Gasteiger partial charge in [-0.25, -0.2) is 4.79 Å². The van der Waals surface area contributed by atoms with Crippen LogP contribution >= 0.6 is 12.2 Å². The van der Waals surface area contributed by atoms with Crippen LogP contribution in [0.3, 0.4) is 0 Å². The summed E-state index contributed by atoms with van der Waals surface area (Å²) in [4.78, 5) is 18.1. The largest absolute Gasteiger partial charge is 0.478 e. The van der Waals surface area contributed by atoms with Crippen LogP contribution in [0.15, 0.2) is 97.3 Å². The van der Waals surface area contributed by atoms with Crippen LogP contribution in [-0.4, -0.2) is 30.6 Å². The van der Waals surface area contributed by atoms with Crippen molar-refractivity contribution < 1.29 is 9.90 Å². The molecule has 2 aromatic carbocycles. The third-order valence-electron chi connectivity index (χ3n) is 5.87. The number of hydrogen-bond acceptors (Lipinski definition) is 3. The summed E-state index contributed by atoms with van der Waals surface area (Å²) in [6.07, 6.45) is 3.78. The van der Waals surface area contributed by atoms with Crippen molar-refractivity contribution >= 4 is 23.3 Å². The van der Waals surface area contributed by atoms with Crippen LogP contribution in [-0.2, 0) is 6.54 Å². The molecule has 0 amide bonds. The second-order valence-electron chi connectivity index (χ2n) is 7.90. The molecule has 4 aromatic rings. The Morgan fingerprint density at radius 1 is 0.970 bits per heavy atom. The summed E-state index contributed by atoms with van der Waals surface area (Å²) in [6.45, 7) is 0.657. The Labute approximate surface area is 197 Å². The zero-order chi connectivity index (χ0) is 22.8. The number of nitrogens with one attached hydrogen (secondary N) is 1. The molecule has 0 spiro atoms. The molecule has 5 rings (SSSR count). The van der Waals surface area contributed by atoms with Crippen molar-refractivity contribution in [2.75, 3.05) is 0 Å². The van der Waals surface area contributed by atoms with Gasteiger partial charge < -0.3 is 19.9 Å². The number of carbonyl (C=O) groups is 1. The van der Waals surface area contributed by atoms with Crippen molar-refractivity contribution in [1.82, 2.24) is 19.8 Å². The first kappa shape index (κ1) is 20.9. The van der Waals surface area contributed by atoms with E-state index >= 15 is 0 Å². The summed E-state index contributed by atoms with van der Waals surface area (Å²) < 4.78 is 2.08. The van der Waals surface area contributed by atoms with Gasteiger partial charge in [-0.05, 0) is 66.3 Å². The number of nitrogens with zero attached hydrogens (tertiary/aromatic N) is 3. The van der Waals surface area contributed by atoms with Gasteiger partial charge in [0.1, 0.15) is 0 Å². The van der Waals surface area contributed by atoms with Gasteiger partial charge in [0, 0.05) is 30.3 Å². The van der Waals surface area contributed by atoms with Gasteiger partial charge in [-0.3, -0.25) is 4.98 Å². The third kappa shape index (κ3) is 4.10. The predicted molar refractivity (Wildman–Crippen MR) is 130 cm³/mol. The topological polar surface area (TPSA) is 70.4 Å². The maximum Gasteiger partial charge on any atom is 0.335 e. The SMILES string of the molecule is O=C(O)c1ccc(-n2cccc2[C@@H]2[C@H](c3ccccn3)NC(=S)N2Cc2ccccc2)cc1. The molecule has 2 aromatic heterocycles. The second kappa shape index (κ2) is 8.88. The zero-order valence-electron chi connectivity index (χ0n) is 17.7. The van der Waals surface area contributed by atoms with Crippen LogP contribution in [0.5, 0.6) is 0 Å². The fourth-order valence-electron chi connectivity index (χ4n) is 4.31. The molecular formula is C26H22N4O2S. The predicted octanol–water partition coefficient (Wildman–Crippen LogP) is 4.74. The molecule has 1 saturated heterocycles. The molecule has 1 fully saturated rings. The Morgan fingerprint density at radius 2 is 1.73 bits per heavy atom. The lowest BCUT2D eigenvalue weighted by molar-refractivity contribution is 0.0697. The minimum atomic E-state index is -0.941. The average molecular weight is 455 g/mol. The lowest BCUT2D eigenvalue weighted by Gasteiger charge is -2.29. The quantitative estimate of drug-likeness (QED) is 0.410. The maximum absolute atomic E-state index is 11.3. The molecule has 0 bridgehead atoms. The maximum atomic E-state index is 11.3. The van der Waals surface area contributed by atoms with Crippen molar-refractivity contribution in [3.8, 4) is 5.69 Å². The Hall–Kier alpha value is -3.97. The molecule has 1 aliphatic heterocycles. The summed E-state index contributed by atoms with van der Waals surface area (Å²) in [7, 11) is 0. The molecule has 2 N–H and O–H groups in total. The number of hydrogen-bond donors (Lipinski definition) is 2. The molecule has 0 aliphatic carbocycles. The van der Waals surface area contributed by atoms with E-state index in [1.807, 2.05) is 60.8 Å². The van der Waals surface area contributed by atoms with Crippen LogP contribution in [0.25, 0.3) is 5.69 Å². The van der Waals surface area contributed by atoms with E-state index in [-0.39, 0.29) is 17.6 Å². The van der Waals surface area contributed by atoms with Gasteiger partial charge in [0.25, 0.3) is 0 Å². The fourth-order valence-corrected chi connectivity index (χ4v) is 4.62. The molecular weight excluding hydrogens is 432 g/mol. The molecule has 0 unspecified atom stereocenters. The average Bonchev–Trinajstić information content (AvgIpc) is 3.45. The first-order valence-corrected chi connectivity index (χ1v) is 11.1. The van der Waals surface area contributed by atoms with E-state index in [4.69, 9.17) is 12.2 Å². The minimum absolute atomic E-state index is 0.109. The van der Waals surface area contributed by atoms with Crippen molar-refractivity contribution in [3.05, 3.63) is 120 Å². The lowest BCUT2D eigenvalue weighted by atomic mass is 10.0. The van der Waals surface area contributed by atoms with Gasteiger partial charge in [-0.15, -0.1) is 0 Å². The normalized spacial score (nSPS) is 17.7. The van der Waals surface area contributed by atoms with E-state index in [1.54, 1.807) is 18.3 Å². The number of rotatable bonds is 6. The van der Waals surface area contributed by atoms with E-state index in [2.05, 4.69) is 38.0 Å². The highest BCUT2D eigenvalue weighted by atomic mass is 32.1. The third-order valence-corrected chi connectivity index (χ3v) is 6.22. The van der Waals surface area contributed by atoms with E-state index in [9.17, 15) is 9.90 Å². The molecule has 1 aliphatic rings. The summed E-state index contributed by atoms with van der Waals surface area (Å²) in [6, 6.07) is 26.9. The molecule has 164 valence electrons. The van der Waals surface area contributed by atoms with E-state index in [0.29, 0.717) is 11.7 Å². The van der Waals surface area contributed by atoms with Crippen LogP contribution in [0.4, 0.5) is 0 Å². The van der Waals surface area contributed by atoms with E-state index in [0.717, 1.165) is 22.6 Å². The number of benzene rings is 2. The Kier molecular flexibility index (Phi) is 5.62. The Balaban J connectivity index is 1.58.